The summed E-state index contributed by atoms with van der Waals surface area (Å²) in [5.41, 5.74) is 0.963. The van der Waals surface area contributed by atoms with E-state index in [0.29, 0.717) is 6.61 Å². The van der Waals surface area contributed by atoms with Crippen LogP contribution in [-0.2, 0) is 4.74 Å². The summed E-state index contributed by atoms with van der Waals surface area (Å²) in [6, 6.07) is 7.51. The highest BCUT2D eigenvalue weighted by Crippen LogP contribution is 2.33. The second-order valence-electron chi connectivity index (χ2n) is 4.15. The van der Waals surface area contributed by atoms with Gasteiger partial charge >= 0.3 is 0 Å². The van der Waals surface area contributed by atoms with E-state index in [1.807, 2.05) is 31.2 Å². The number of hydrogen-bond acceptors (Lipinski definition) is 3. The minimum absolute atomic E-state index is 0.0984. The van der Waals surface area contributed by atoms with Gasteiger partial charge < -0.3 is 14.8 Å². The Balaban J connectivity index is 2.13. The van der Waals surface area contributed by atoms with Crippen LogP contribution in [0, 0.1) is 0 Å². The third kappa shape index (κ3) is 2.97. The smallest absolute Gasteiger partial charge is 0.261 e. The number of ether oxygens (including phenoxy) is 2. The molecule has 3 nitrogen and oxygen atoms in total. The number of halogens is 2. The largest absolute Gasteiger partial charge is 0.490 e. The number of nitrogens with one attached hydrogen (secondary N) is 1. The van der Waals surface area contributed by atoms with Crippen molar-refractivity contribution in [3.8, 4) is 5.75 Å². The number of rotatable bonds is 5. The molecule has 2 atom stereocenters. The Labute approximate surface area is 105 Å². The molecule has 2 rings (SSSR count). The highest BCUT2D eigenvalue weighted by molar-refractivity contribution is 5.38. The Kier molecular flexibility index (Phi) is 4.49. The fourth-order valence-electron chi connectivity index (χ4n) is 2.14. The predicted octanol–water partition coefficient (Wildman–Crippen LogP) is 2.38. The van der Waals surface area contributed by atoms with E-state index in [-0.39, 0.29) is 12.1 Å². The van der Waals surface area contributed by atoms with Crippen LogP contribution in [0.15, 0.2) is 24.3 Å². The number of alkyl halides is 2. The van der Waals surface area contributed by atoms with Gasteiger partial charge in [-0.15, -0.1) is 0 Å². The molecule has 0 amide bonds. The third-order valence-corrected chi connectivity index (χ3v) is 2.89. The van der Waals surface area contributed by atoms with Crippen LogP contribution in [0.25, 0.3) is 0 Å². The van der Waals surface area contributed by atoms with Crippen molar-refractivity contribution in [2.45, 2.75) is 25.5 Å². The molecule has 0 bridgehead atoms. The molecule has 100 valence electrons. The Morgan fingerprint density at radius 3 is 2.94 bits per heavy atom. The van der Waals surface area contributed by atoms with Gasteiger partial charge in [0.1, 0.15) is 25.1 Å². The highest BCUT2D eigenvalue weighted by Gasteiger charge is 2.31. The summed E-state index contributed by atoms with van der Waals surface area (Å²) in [5, 5.41) is 3.26. The summed E-state index contributed by atoms with van der Waals surface area (Å²) in [7, 11) is 0. The van der Waals surface area contributed by atoms with Crippen molar-refractivity contribution in [2.75, 3.05) is 19.8 Å². The molecule has 1 aromatic rings. The van der Waals surface area contributed by atoms with E-state index >= 15 is 0 Å². The van der Waals surface area contributed by atoms with Crippen LogP contribution in [0.4, 0.5) is 8.78 Å². The molecule has 1 aliphatic heterocycles. The molecule has 1 aliphatic rings. The number of hydrogen-bond donors (Lipinski definition) is 1. The van der Waals surface area contributed by atoms with Crippen LogP contribution in [-0.4, -0.2) is 32.3 Å². The molecule has 0 radical (unpaired) electrons. The molecule has 2 unspecified atom stereocenters. The van der Waals surface area contributed by atoms with E-state index < -0.39 is 13.0 Å². The van der Waals surface area contributed by atoms with Crippen LogP contribution < -0.4 is 10.1 Å². The molecule has 1 N–H and O–H groups in total. The van der Waals surface area contributed by atoms with Gasteiger partial charge in [0.15, 0.2) is 0 Å². The first-order valence-electron chi connectivity index (χ1n) is 6.07. The van der Waals surface area contributed by atoms with Crippen molar-refractivity contribution in [2.24, 2.45) is 0 Å². The van der Waals surface area contributed by atoms with Crippen LogP contribution in [0.2, 0.25) is 0 Å². The molecule has 18 heavy (non-hydrogen) atoms. The van der Waals surface area contributed by atoms with Gasteiger partial charge in [0.2, 0.25) is 0 Å². The van der Waals surface area contributed by atoms with Crippen LogP contribution >= 0.6 is 0 Å². The van der Waals surface area contributed by atoms with Crippen molar-refractivity contribution < 1.29 is 18.3 Å². The second kappa shape index (κ2) is 6.11. The maximum atomic E-state index is 12.2. The first-order chi connectivity index (χ1) is 8.72. The lowest BCUT2D eigenvalue weighted by molar-refractivity contribution is -0.0609. The lowest BCUT2D eigenvalue weighted by Crippen LogP contribution is -2.41. The van der Waals surface area contributed by atoms with E-state index in [0.717, 1.165) is 17.9 Å². The average Bonchev–Trinajstić information content (AvgIpc) is 2.38. The van der Waals surface area contributed by atoms with Gasteiger partial charge in [-0.25, -0.2) is 8.78 Å². The molecule has 1 heterocycles. The van der Waals surface area contributed by atoms with Crippen molar-refractivity contribution >= 4 is 0 Å². The first-order valence-corrected chi connectivity index (χ1v) is 6.07. The maximum Gasteiger partial charge on any atom is 0.261 e. The zero-order valence-electron chi connectivity index (χ0n) is 10.2. The van der Waals surface area contributed by atoms with Crippen LogP contribution in [0.1, 0.15) is 18.5 Å². The minimum atomic E-state index is -2.45. The van der Waals surface area contributed by atoms with Gasteiger partial charge in [-0.2, -0.15) is 0 Å². The Morgan fingerprint density at radius 1 is 1.44 bits per heavy atom. The summed E-state index contributed by atoms with van der Waals surface area (Å²) >= 11 is 0. The SMILES string of the molecule is CCNC1c2ccccc2OCC1OCC(F)F. The fourth-order valence-corrected chi connectivity index (χ4v) is 2.14. The summed E-state index contributed by atoms with van der Waals surface area (Å²) in [6.45, 7) is 2.45. The van der Waals surface area contributed by atoms with Gasteiger partial charge in [-0.3, -0.25) is 0 Å². The van der Waals surface area contributed by atoms with Crippen molar-refractivity contribution in [1.82, 2.24) is 5.32 Å². The fraction of sp³-hybridized carbons (Fsp3) is 0.538. The van der Waals surface area contributed by atoms with E-state index in [4.69, 9.17) is 9.47 Å². The summed E-state index contributed by atoms with van der Waals surface area (Å²) < 4.78 is 35.2. The molecular weight excluding hydrogens is 240 g/mol. The van der Waals surface area contributed by atoms with Crippen molar-refractivity contribution in [1.29, 1.82) is 0 Å². The number of fused-ring (bicyclic) bond motifs is 1. The average molecular weight is 257 g/mol. The standard InChI is InChI=1S/C13H17F2NO2/c1-2-16-13-9-5-3-4-6-10(9)17-7-11(13)18-8-12(14)15/h3-6,11-13,16H,2,7-8H2,1H3. The lowest BCUT2D eigenvalue weighted by Gasteiger charge is -2.33. The van der Waals surface area contributed by atoms with Gasteiger partial charge in [0.05, 0.1) is 6.04 Å². The monoisotopic (exact) mass is 257 g/mol. The Morgan fingerprint density at radius 2 is 2.22 bits per heavy atom. The van der Waals surface area contributed by atoms with Gasteiger partial charge in [-0.05, 0) is 12.6 Å². The number of para-hydroxylation sites is 1. The minimum Gasteiger partial charge on any atom is -0.490 e. The van der Waals surface area contributed by atoms with E-state index in [1.54, 1.807) is 0 Å². The molecule has 0 spiro atoms. The van der Waals surface area contributed by atoms with E-state index in [2.05, 4.69) is 5.32 Å². The maximum absolute atomic E-state index is 12.2. The van der Waals surface area contributed by atoms with Crippen molar-refractivity contribution in [3.05, 3.63) is 29.8 Å². The second-order valence-corrected chi connectivity index (χ2v) is 4.15. The zero-order chi connectivity index (χ0) is 13.0. The first kappa shape index (κ1) is 13.2. The highest BCUT2D eigenvalue weighted by atomic mass is 19.3. The molecule has 0 saturated heterocycles. The summed E-state index contributed by atoms with van der Waals surface area (Å²) in [6.07, 6.45) is -2.83. The molecule has 0 fully saturated rings. The van der Waals surface area contributed by atoms with Gasteiger partial charge in [0, 0.05) is 5.56 Å². The van der Waals surface area contributed by atoms with Crippen LogP contribution in [0.3, 0.4) is 0 Å². The topological polar surface area (TPSA) is 30.5 Å². The third-order valence-electron chi connectivity index (χ3n) is 2.89. The molecular formula is C13H17F2NO2. The van der Waals surface area contributed by atoms with Gasteiger partial charge in [-0.1, -0.05) is 25.1 Å². The van der Waals surface area contributed by atoms with E-state index in [1.165, 1.54) is 0 Å². The predicted molar refractivity (Wildman–Crippen MR) is 64.1 cm³/mol. The lowest BCUT2D eigenvalue weighted by atomic mass is 9.98. The van der Waals surface area contributed by atoms with Gasteiger partial charge in [0.25, 0.3) is 6.43 Å². The molecule has 5 heteroatoms. The number of likely N-dealkylation sites (N-methyl/N-ethyl adjacent to an activating group) is 1. The molecule has 1 aromatic carbocycles. The molecule has 0 aromatic heterocycles. The van der Waals surface area contributed by atoms with Crippen molar-refractivity contribution in [3.63, 3.8) is 0 Å². The van der Waals surface area contributed by atoms with E-state index in [9.17, 15) is 8.78 Å². The molecule has 0 aliphatic carbocycles. The van der Waals surface area contributed by atoms with Crippen LogP contribution in [0.5, 0.6) is 5.75 Å². The Bertz CT molecular complexity index is 387. The summed E-state index contributed by atoms with van der Waals surface area (Å²) in [4.78, 5) is 0. The normalized spacial score (nSPS) is 22.7. The zero-order valence-corrected chi connectivity index (χ0v) is 10.2. The molecule has 0 saturated carbocycles. The Hall–Kier alpha value is -1.20. The quantitative estimate of drug-likeness (QED) is 0.878. The number of benzene rings is 1. The summed E-state index contributed by atoms with van der Waals surface area (Å²) in [5.74, 6) is 0.792.